The average molecular weight is 411 g/mol. The zero-order valence-electron chi connectivity index (χ0n) is 16.5. The lowest BCUT2D eigenvalue weighted by atomic mass is 9.98. The summed E-state index contributed by atoms with van der Waals surface area (Å²) in [7, 11) is 0. The zero-order valence-corrected chi connectivity index (χ0v) is 16.5. The third-order valence-electron chi connectivity index (χ3n) is 4.90. The fourth-order valence-corrected chi connectivity index (χ4v) is 3.40. The van der Waals surface area contributed by atoms with E-state index in [9.17, 15) is 9.18 Å². The number of aromatic nitrogens is 3. The van der Waals surface area contributed by atoms with Crippen molar-refractivity contribution in [2.45, 2.75) is 32.2 Å². The van der Waals surface area contributed by atoms with Crippen LogP contribution in [0.3, 0.4) is 0 Å². The minimum atomic E-state index is -0.504. The molecule has 0 aliphatic carbocycles. The van der Waals surface area contributed by atoms with Crippen LogP contribution in [0.2, 0.25) is 0 Å². The van der Waals surface area contributed by atoms with E-state index < -0.39 is 5.82 Å². The van der Waals surface area contributed by atoms with Gasteiger partial charge in [-0.3, -0.25) is 4.98 Å². The predicted molar refractivity (Wildman–Crippen MR) is 106 cm³/mol. The van der Waals surface area contributed by atoms with Gasteiger partial charge in [0.15, 0.2) is 17.4 Å². The van der Waals surface area contributed by atoms with Gasteiger partial charge >= 0.3 is 6.03 Å². The monoisotopic (exact) mass is 411 g/mol. The molecule has 0 spiro atoms. The van der Waals surface area contributed by atoms with Crippen LogP contribution < -0.4 is 10.1 Å². The number of urea groups is 1. The lowest BCUT2D eigenvalue weighted by Gasteiger charge is -2.31. The van der Waals surface area contributed by atoms with Gasteiger partial charge in [-0.15, -0.1) is 0 Å². The number of likely N-dealkylation sites (tertiary alicyclic amines) is 1. The number of nitrogens with zero attached hydrogens (tertiary/aromatic N) is 4. The van der Waals surface area contributed by atoms with Gasteiger partial charge in [0.05, 0.1) is 12.1 Å². The Morgan fingerprint density at radius 2 is 2.30 bits per heavy atom. The zero-order chi connectivity index (χ0) is 20.9. The van der Waals surface area contributed by atoms with Crippen molar-refractivity contribution >= 4 is 6.03 Å². The first kappa shape index (κ1) is 19.8. The lowest BCUT2D eigenvalue weighted by molar-refractivity contribution is 0.171. The molecule has 1 fully saturated rings. The molecular formula is C21H22FN5O3. The number of hydrogen-bond donors (Lipinski definition) is 1. The quantitative estimate of drug-likeness (QED) is 0.687. The number of piperidine rings is 1. The summed E-state index contributed by atoms with van der Waals surface area (Å²) in [5.74, 6) is 1.24. The summed E-state index contributed by atoms with van der Waals surface area (Å²) < 4.78 is 25.1. The van der Waals surface area contributed by atoms with Crippen LogP contribution in [0.5, 0.6) is 11.5 Å². The van der Waals surface area contributed by atoms with Crippen LogP contribution in [0.4, 0.5) is 9.18 Å². The molecule has 4 rings (SSSR count). The first-order valence-corrected chi connectivity index (χ1v) is 9.78. The maximum atomic E-state index is 14.4. The van der Waals surface area contributed by atoms with Crippen molar-refractivity contribution in [3.05, 3.63) is 65.8 Å². The molecule has 1 unspecified atom stereocenters. The Labute approximate surface area is 173 Å². The second-order valence-electron chi connectivity index (χ2n) is 7.18. The first-order chi connectivity index (χ1) is 14.6. The number of nitrogens with one attached hydrogen (secondary N) is 1. The van der Waals surface area contributed by atoms with Crippen molar-refractivity contribution < 1.29 is 18.4 Å². The number of hydrogen-bond acceptors (Lipinski definition) is 6. The van der Waals surface area contributed by atoms with Gasteiger partial charge in [-0.05, 0) is 49.6 Å². The highest BCUT2D eigenvalue weighted by atomic mass is 19.1. The van der Waals surface area contributed by atoms with E-state index in [1.165, 1.54) is 12.3 Å². The Bertz CT molecular complexity index is 1010. The number of carbonyl (C=O) groups excluding carboxylic acids is 1. The minimum Gasteiger partial charge on any atom is -0.453 e. The number of pyridine rings is 1. The Hall–Kier alpha value is -3.49. The Kier molecular flexibility index (Phi) is 5.87. The average Bonchev–Trinajstić information content (AvgIpc) is 3.21. The molecule has 1 atom stereocenters. The van der Waals surface area contributed by atoms with E-state index in [1.54, 1.807) is 42.3 Å². The van der Waals surface area contributed by atoms with Crippen LogP contribution in [0.15, 0.2) is 47.2 Å². The third kappa shape index (κ3) is 4.73. The van der Waals surface area contributed by atoms with E-state index in [0.29, 0.717) is 36.1 Å². The van der Waals surface area contributed by atoms with Crippen molar-refractivity contribution in [3.63, 3.8) is 0 Å². The van der Waals surface area contributed by atoms with E-state index in [4.69, 9.17) is 9.26 Å². The van der Waals surface area contributed by atoms with Crippen molar-refractivity contribution in [1.82, 2.24) is 25.3 Å². The van der Waals surface area contributed by atoms with E-state index in [0.717, 1.165) is 12.8 Å². The second-order valence-corrected chi connectivity index (χ2v) is 7.18. The highest BCUT2D eigenvalue weighted by Crippen LogP contribution is 2.26. The number of benzene rings is 1. The summed E-state index contributed by atoms with van der Waals surface area (Å²) in [6, 6.07) is 7.82. The fourth-order valence-electron chi connectivity index (χ4n) is 3.40. The topological polar surface area (TPSA) is 93.4 Å². The summed E-state index contributed by atoms with van der Waals surface area (Å²) in [5.41, 5.74) is 0.639. The molecule has 0 radical (unpaired) electrons. The highest BCUT2D eigenvalue weighted by Gasteiger charge is 2.28. The number of rotatable bonds is 5. The highest BCUT2D eigenvalue weighted by molar-refractivity contribution is 5.74. The summed E-state index contributed by atoms with van der Waals surface area (Å²) in [6.07, 6.45) is 4.88. The van der Waals surface area contributed by atoms with Gasteiger partial charge in [0, 0.05) is 25.8 Å². The molecule has 3 heterocycles. The number of amides is 2. The predicted octanol–water partition coefficient (Wildman–Crippen LogP) is 3.79. The second kappa shape index (κ2) is 8.89. The minimum absolute atomic E-state index is 0.0343. The molecule has 9 heteroatoms. The van der Waals surface area contributed by atoms with Crippen LogP contribution in [0, 0.1) is 12.7 Å². The van der Waals surface area contributed by atoms with E-state index >= 15 is 0 Å². The third-order valence-corrected chi connectivity index (χ3v) is 4.90. The number of aryl methyl sites for hydroxylation is 1. The van der Waals surface area contributed by atoms with E-state index in [2.05, 4.69) is 20.4 Å². The summed E-state index contributed by atoms with van der Waals surface area (Å²) in [6.45, 7) is 3.15. The van der Waals surface area contributed by atoms with Crippen LogP contribution in [-0.4, -0.2) is 39.1 Å². The molecule has 8 nitrogen and oxygen atoms in total. The van der Waals surface area contributed by atoms with Gasteiger partial charge in [0.1, 0.15) is 5.75 Å². The number of ether oxygens (including phenoxy) is 1. The molecule has 156 valence electrons. The van der Waals surface area contributed by atoms with Gasteiger partial charge in [0.25, 0.3) is 0 Å². The van der Waals surface area contributed by atoms with Crippen LogP contribution in [-0.2, 0) is 6.54 Å². The van der Waals surface area contributed by atoms with E-state index in [1.807, 2.05) is 0 Å². The van der Waals surface area contributed by atoms with Gasteiger partial charge in [-0.2, -0.15) is 4.98 Å². The molecule has 1 aliphatic heterocycles. The van der Waals surface area contributed by atoms with Crippen molar-refractivity contribution in [2.75, 3.05) is 13.1 Å². The van der Waals surface area contributed by atoms with Crippen LogP contribution in [0.1, 0.15) is 36.0 Å². The maximum Gasteiger partial charge on any atom is 0.317 e. The Morgan fingerprint density at radius 1 is 1.40 bits per heavy atom. The van der Waals surface area contributed by atoms with Crippen molar-refractivity contribution in [3.8, 4) is 11.5 Å². The van der Waals surface area contributed by atoms with Gasteiger partial charge in [0.2, 0.25) is 5.89 Å². The summed E-state index contributed by atoms with van der Waals surface area (Å²) >= 11 is 0. The van der Waals surface area contributed by atoms with Crippen LogP contribution in [0.25, 0.3) is 0 Å². The molecule has 0 saturated carbocycles. The maximum absolute atomic E-state index is 14.4. The number of carbonyl (C=O) groups is 1. The molecule has 2 aromatic heterocycles. The molecule has 1 aliphatic rings. The molecule has 2 amide bonds. The lowest BCUT2D eigenvalue weighted by Crippen LogP contribution is -2.44. The SMILES string of the molecule is Cc1noc(C2CCCN(C(=O)NCc3ccc(Oc4cccnc4)c(F)c3)C2)n1. The molecule has 0 bridgehead atoms. The number of halogens is 1. The normalized spacial score (nSPS) is 16.3. The smallest absolute Gasteiger partial charge is 0.317 e. The fraction of sp³-hybridized carbons (Fsp3) is 0.333. The molecule has 30 heavy (non-hydrogen) atoms. The van der Waals surface area contributed by atoms with Gasteiger partial charge in [-0.1, -0.05) is 11.2 Å². The van der Waals surface area contributed by atoms with Crippen molar-refractivity contribution in [1.29, 1.82) is 0 Å². The molecule has 3 aromatic rings. The molecule has 1 aromatic carbocycles. The first-order valence-electron chi connectivity index (χ1n) is 9.78. The largest absolute Gasteiger partial charge is 0.453 e. The Morgan fingerprint density at radius 3 is 3.03 bits per heavy atom. The van der Waals surface area contributed by atoms with Gasteiger partial charge in [-0.25, -0.2) is 9.18 Å². The molecule has 1 N–H and O–H groups in total. The van der Waals surface area contributed by atoms with Gasteiger partial charge < -0.3 is 19.5 Å². The molecular weight excluding hydrogens is 389 g/mol. The standard InChI is InChI=1S/C21H22FN5O3/c1-14-25-20(30-26-14)16-4-3-9-27(13-16)21(28)24-11-15-6-7-19(18(22)10-15)29-17-5-2-8-23-12-17/h2,5-8,10,12,16H,3-4,9,11,13H2,1H3,(H,24,28). The van der Waals surface area contributed by atoms with Crippen LogP contribution >= 0.6 is 0 Å². The summed E-state index contributed by atoms with van der Waals surface area (Å²) in [5, 5.41) is 6.67. The molecule has 1 saturated heterocycles. The van der Waals surface area contributed by atoms with Crippen molar-refractivity contribution in [2.24, 2.45) is 0 Å². The Balaban J connectivity index is 1.32. The summed E-state index contributed by atoms with van der Waals surface area (Å²) in [4.78, 5) is 22.5. The van der Waals surface area contributed by atoms with E-state index in [-0.39, 0.29) is 24.2 Å².